The summed E-state index contributed by atoms with van der Waals surface area (Å²) in [7, 11) is -1.64. The topological polar surface area (TPSA) is 87.4 Å². The van der Waals surface area contributed by atoms with E-state index in [-0.39, 0.29) is 0 Å². The van der Waals surface area contributed by atoms with Crippen LogP contribution in [0.2, 0.25) is 0 Å². The van der Waals surface area contributed by atoms with Gasteiger partial charge in [0.25, 0.3) is 0 Å². The lowest BCUT2D eigenvalue weighted by atomic mass is 10.0. The van der Waals surface area contributed by atoms with Crippen LogP contribution in [0.25, 0.3) is 11.1 Å². The Morgan fingerprint density at radius 1 is 1.14 bits per heavy atom. The van der Waals surface area contributed by atoms with E-state index in [0.717, 1.165) is 30.1 Å². The molecular formula is C14H15NO5S. The van der Waals surface area contributed by atoms with Crippen LogP contribution in [0.4, 0.5) is 0 Å². The molecule has 0 saturated carbocycles. The van der Waals surface area contributed by atoms with Crippen molar-refractivity contribution in [3.05, 3.63) is 54.4 Å². The number of carbonyl (C=O) groups is 1. The Bertz CT molecular complexity index is 696. The van der Waals surface area contributed by atoms with Crippen LogP contribution in [-0.4, -0.2) is 26.4 Å². The van der Waals surface area contributed by atoms with Gasteiger partial charge in [-0.3, -0.25) is 8.98 Å². The van der Waals surface area contributed by atoms with Gasteiger partial charge < -0.3 is 4.55 Å². The lowest BCUT2D eigenvalue weighted by Gasteiger charge is -2.02. The van der Waals surface area contributed by atoms with E-state index >= 15 is 0 Å². The van der Waals surface area contributed by atoms with Gasteiger partial charge in [0.05, 0.1) is 7.11 Å². The van der Waals surface area contributed by atoms with E-state index in [0.29, 0.717) is 0 Å². The van der Waals surface area contributed by atoms with Crippen LogP contribution in [0.15, 0.2) is 48.8 Å². The van der Waals surface area contributed by atoms with Crippen molar-refractivity contribution in [1.82, 2.24) is 0 Å². The summed E-state index contributed by atoms with van der Waals surface area (Å²) in [6.07, 6.45) is 4.83. The second kappa shape index (κ2) is 7.63. The molecule has 21 heavy (non-hydrogen) atoms. The number of carbonyl (C=O) groups excluding carboxylic acids is 1. The molecule has 0 aliphatic rings. The quantitative estimate of drug-likeness (QED) is 0.366. The minimum Gasteiger partial charge on any atom is -0.726 e. The summed E-state index contributed by atoms with van der Waals surface area (Å²) in [5.41, 5.74) is 2.77. The fourth-order valence-electron chi connectivity index (χ4n) is 1.54. The highest BCUT2D eigenvalue weighted by molar-refractivity contribution is 7.80. The summed E-state index contributed by atoms with van der Waals surface area (Å²) in [6.45, 7) is 0. The Hall–Kier alpha value is -2.09. The van der Waals surface area contributed by atoms with E-state index in [9.17, 15) is 17.8 Å². The van der Waals surface area contributed by atoms with Gasteiger partial charge in [0.1, 0.15) is 7.05 Å². The average Bonchev–Trinajstić information content (AvgIpc) is 2.48. The summed E-state index contributed by atoms with van der Waals surface area (Å²) in [5.74, 6) is 0. The maximum Gasteiger partial charge on any atom is 0.217 e. The highest BCUT2D eigenvalue weighted by atomic mass is 32.3. The predicted molar refractivity (Wildman–Crippen MR) is 75.1 cm³/mol. The number of aldehydes is 1. The molecule has 0 unspecified atom stereocenters. The first-order valence-electron chi connectivity index (χ1n) is 5.88. The van der Waals surface area contributed by atoms with Crippen molar-refractivity contribution in [2.75, 3.05) is 7.11 Å². The zero-order chi connectivity index (χ0) is 15.9. The van der Waals surface area contributed by atoms with Crippen molar-refractivity contribution >= 4 is 16.7 Å². The van der Waals surface area contributed by atoms with Crippen LogP contribution in [0.1, 0.15) is 10.4 Å². The summed E-state index contributed by atoms with van der Waals surface area (Å²) in [6, 6.07) is 11.6. The minimum atomic E-state index is -4.41. The van der Waals surface area contributed by atoms with Gasteiger partial charge in [0.2, 0.25) is 10.4 Å². The number of hydrogen-bond acceptors (Lipinski definition) is 5. The number of pyridine rings is 1. The lowest BCUT2D eigenvalue weighted by molar-refractivity contribution is -0.671. The molecule has 6 nitrogen and oxygen atoms in total. The zero-order valence-electron chi connectivity index (χ0n) is 11.6. The van der Waals surface area contributed by atoms with Crippen molar-refractivity contribution in [3.63, 3.8) is 0 Å². The molecule has 112 valence electrons. The molecule has 1 aromatic carbocycles. The number of benzene rings is 1. The van der Waals surface area contributed by atoms with Gasteiger partial charge in [-0.1, -0.05) is 24.3 Å². The molecule has 2 aromatic rings. The number of aromatic nitrogens is 1. The van der Waals surface area contributed by atoms with E-state index < -0.39 is 10.4 Å². The minimum absolute atomic E-state index is 0.728. The summed E-state index contributed by atoms with van der Waals surface area (Å²) >= 11 is 0. The number of hydrogen-bond donors (Lipinski definition) is 0. The van der Waals surface area contributed by atoms with Crippen LogP contribution in [-0.2, 0) is 21.6 Å². The molecule has 0 fully saturated rings. The van der Waals surface area contributed by atoms with Gasteiger partial charge in [-0.05, 0) is 11.1 Å². The highest BCUT2D eigenvalue weighted by Gasteiger charge is 2.04. The molecule has 1 heterocycles. The molecule has 0 spiro atoms. The van der Waals surface area contributed by atoms with Crippen molar-refractivity contribution in [2.45, 2.75) is 0 Å². The molecule has 2 rings (SSSR count). The number of rotatable bonds is 3. The second-order valence-electron chi connectivity index (χ2n) is 4.03. The molecule has 7 heteroatoms. The van der Waals surface area contributed by atoms with Crippen LogP contribution >= 0.6 is 0 Å². The van der Waals surface area contributed by atoms with Crippen molar-refractivity contribution in [2.24, 2.45) is 7.05 Å². The lowest BCUT2D eigenvalue weighted by Crippen LogP contribution is -2.25. The van der Waals surface area contributed by atoms with Gasteiger partial charge in [-0.25, -0.2) is 13.0 Å². The normalized spacial score (nSPS) is 10.4. The maximum atomic E-state index is 10.9. The zero-order valence-corrected chi connectivity index (χ0v) is 12.4. The first-order chi connectivity index (χ1) is 9.87. The summed E-state index contributed by atoms with van der Waals surface area (Å²) in [4.78, 5) is 10.9. The monoisotopic (exact) mass is 309 g/mol. The Kier molecular flexibility index (Phi) is 6.16. The third kappa shape index (κ3) is 5.82. The van der Waals surface area contributed by atoms with Gasteiger partial charge >= 0.3 is 0 Å². The Morgan fingerprint density at radius 2 is 1.67 bits per heavy atom. The largest absolute Gasteiger partial charge is 0.726 e. The molecule has 0 aliphatic heterocycles. The Morgan fingerprint density at radius 3 is 2.14 bits per heavy atom. The molecule has 0 bridgehead atoms. The number of nitrogens with zero attached hydrogens (tertiary/aromatic N) is 1. The average molecular weight is 309 g/mol. The van der Waals surface area contributed by atoms with Gasteiger partial charge in [0, 0.05) is 17.7 Å². The van der Waals surface area contributed by atoms with Gasteiger partial charge in [-0.15, -0.1) is 0 Å². The van der Waals surface area contributed by atoms with E-state index in [1.807, 2.05) is 60.4 Å². The van der Waals surface area contributed by atoms with Crippen LogP contribution in [0, 0.1) is 0 Å². The van der Waals surface area contributed by atoms with Crippen LogP contribution in [0.3, 0.4) is 0 Å². The maximum absolute atomic E-state index is 10.9. The van der Waals surface area contributed by atoms with Crippen LogP contribution < -0.4 is 4.57 Å². The first-order valence-corrected chi connectivity index (χ1v) is 7.22. The fraction of sp³-hybridized carbons (Fsp3) is 0.143. The third-order valence-corrected chi connectivity index (χ3v) is 2.99. The molecule has 0 atom stereocenters. The van der Waals surface area contributed by atoms with Crippen LogP contribution in [0.5, 0.6) is 0 Å². The second-order valence-corrected chi connectivity index (χ2v) is 5.18. The molecule has 0 amide bonds. The Labute approximate surface area is 123 Å². The molecule has 0 radical (unpaired) electrons. The molecule has 0 N–H and O–H groups in total. The first kappa shape index (κ1) is 17.0. The van der Waals surface area contributed by atoms with Gasteiger partial charge in [0.15, 0.2) is 18.7 Å². The van der Waals surface area contributed by atoms with E-state index in [1.54, 1.807) is 0 Å². The molecular weight excluding hydrogens is 294 g/mol. The highest BCUT2D eigenvalue weighted by Crippen LogP contribution is 2.20. The van der Waals surface area contributed by atoms with Crippen molar-refractivity contribution in [3.8, 4) is 11.1 Å². The number of aryl methyl sites for hydroxylation is 1. The SMILES string of the molecule is COS(=O)(=O)[O-].C[n+]1ccc(-c2ccccc2C=O)cc1. The smallest absolute Gasteiger partial charge is 0.217 e. The van der Waals surface area contributed by atoms with Gasteiger partial charge in [-0.2, -0.15) is 0 Å². The third-order valence-electron chi connectivity index (χ3n) is 2.58. The van der Waals surface area contributed by atoms with Crippen molar-refractivity contribution in [1.29, 1.82) is 0 Å². The predicted octanol–water partition coefficient (Wildman–Crippen LogP) is 1.08. The van der Waals surface area contributed by atoms with E-state index in [2.05, 4.69) is 4.18 Å². The molecule has 1 aromatic heterocycles. The van der Waals surface area contributed by atoms with Crippen molar-refractivity contribution < 1.29 is 26.5 Å². The molecule has 0 aliphatic carbocycles. The van der Waals surface area contributed by atoms with E-state index in [1.165, 1.54) is 0 Å². The summed E-state index contributed by atoms with van der Waals surface area (Å²) in [5, 5.41) is 0. The summed E-state index contributed by atoms with van der Waals surface area (Å²) < 4.78 is 33.0. The molecule has 0 saturated heterocycles. The Balaban J connectivity index is 0.000000315. The standard InChI is InChI=1S/C13H12NO.CH4O4S/c1-14-8-6-11(7-9-14)13-5-3-2-4-12(13)10-15;1-5-6(2,3)4/h2-10H,1H3;1H3,(H,2,3,4)/q+1;/p-1. The fourth-order valence-corrected chi connectivity index (χ4v) is 1.54. The van der Waals surface area contributed by atoms with E-state index in [4.69, 9.17) is 0 Å².